The minimum absolute atomic E-state index is 0.00104. The molecule has 1 heterocycles. The standard InChI is InChI=1S/C23H16FNO4/c1-28-17-12-8-15(9-13-17)22(27)25-23-20(14-6-10-16(24)11-7-14)21(26)18-4-2-3-5-19(18)29-23/h2-13H,1H3,(H,25,27). The lowest BCUT2D eigenvalue weighted by molar-refractivity contribution is 0.102. The summed E-state index contributed by atoms with van der Waals surface area (Å²) in [4.78, 5) is 25.8. The van der Waals surface area contributed by atoms with E-state index in [1.807, 2.05) is 0 Å². The molecule has 0 saturated heterocycles. The largest absolute Gasteiger partial charge is 0.497 e. The maximum Gasteiger partial charge on any atom is 0.257 e. The molecular weight excluding hydrogens is 373 g/mol. The minimum atomic E-state index is -0.450. The Kier molecular flexibility index (Phi) is 4.83. The van der Waals surface area contributed by atoms with Gasteiger partial charge in [0.05, 0.1) is 18.1 Å². The molecule has 6 heteroatoms. The van der Waals surface area contributed by atoms with E-state index in [-0.39, 0.29) is 16.9 Å². The van der Waals surface area contributed by atoms with E-state index in [1.54, 1.807) is 48.5 Å². The van der Waals surface area contributed by atoms with Crippen LogP contribution in [-0.2, 0) is 0 Å². The van der Waals surface area contributed by atoms with Crippen LogP contribution in [0.4, 0.5) is 10.3 Å². The fourth-order valence-electron chi connectivity index (χ4n) is 3.03. The Bertz CT molecular complexity index is 1240. The molecule has 1 N–H and O–H groups in total. The second kappa shape index (κ2) is 7.59. The van der Waals surface area contributed by atoms with Crippen LogP contribution in [0.2, 0.25) is 0 Å². The van der Waals surface area contributed by atoms with E-state index in [1.165, 1.54) is 31.4 Å². The highest BCUT2D eigenvalue weighted by Gasteiger charge is 2.19. The fourth-order valence-corrected chi connectivity index (χ4v) is 3.03. The number of benzene rings is 3. The monoisotopic (exact) mass is 389 g/mol. The summed E-state index contributed by atoms with van der Waals surface area (Å²) >= 11 is 0. The summed E-state index contributed by atoms with van der Waals surface area (Å²) in [5.74, 6) is -0.260. The van der Waals surface area contributed by atoms with Crippen LogP contribution >= 0.6 is 0 Å². The average molecular weight is 389 g/mol. The first-order chi connectivity index (χ1) is 14.1. The molecule has 3 aromatic carbocycles. The highest BCUT2D eigenvalue weighted by Crippen LogP contribution is 2.29. The number of nitrogens with one attached hydrogen (secondary N) is 1. The first-order valence-electron chi connectivity index (χ1n) is 8.84. The molecule has 0 bridgehead atoms. The second-order valence-electron chi connectivity index (χ2n) is 6.32. The Balaban J connectivity index is 1.83. The van der Waals surface area contributed by atoms with Gasteiger partial charge in [0.15, 0.2) is 0 Å². The van der Waals surface area contributed by atoms with E-state index in [9.17, 15) is 14.0 Å². The van der Waals surface area contributed by atoms with E-state index < -0.39 is 11.7 Å². The number of ether oxygens (including phenoxy) is 1. The maximum atomic E-state index is 13.4. The van der Waals surface area contributed by atoms with Crippen molar-refractivity contribution < 1.29 is 18.3 Å². The van der Waals surface area contributed by atoms with Gasteiger partial charge >= 0.3 is 0 Å². The Hall–Kier alpha value is -3.93. The van der Waals surface area contributed by atoms with Gasteiger partial charge in [0.25, 0.3) is 5.91 Å². The highest BCUT2D eigenvalue weighted by molar-refractivity contribution is 6.06. The lowest BCUT2D eigenvalue weighted by Gasteiger charge is -2.11. The number of hydrogen-bond donors (Lipinski definition) is 1. The quantitative estimate of drug-likeness (QED) is 0.541. The highest BCUT2D eigenvalue weighted by atomic mass is 19.1. The molecule has 0 saturated carbocycles. The maximum absolute atomic E-state index is 13.4. The SMILES string of the molecule is COc1ccc(C(=O)Nc2oc3ccccc3c(=O)c2-c2ccc(F)cc2)cc1. The van der Waals surface area contributed by atoms with Crippen molar-refractivity contribution in [3.05, 3.63) is 94.4 Å². The second-order valence-corrected chi connectivity index (χ2v) is 6.32. The summed E-state index contributed by atoms with van der Waals surface area (Å²) in [5.41, 5.74) is 0.991. The van der Waals surface area contributed by atoms with E-state index in [0.29, 0.717) is 27.8 Å². The third kappa shape index (κ3) is 3.60. The molecule has 0 aliphatic heterocycles. The molecule has 29 heavy (non-hydrogen) atoms. The first kappa shape index (κ1) is 18.4. The Morgan fingerprint density at radius 2 is 1.66 bits per heavy atom. The molecule has 0 aliphatic rings. The zero-order chi connectivity index (χ0) is 20.4. The van der Waals surface area contributed by atoms with Gasteiger partial charge in [0, 0.05) is 5.56 Å². The number of methoxy groups -OCH3 is 1. The normalized spacial score (nSPS) is 10.7. The lowest BCUT2D eigenvalue weighted by Crippen LogP contribution is -2.16. The molecule has 0 spiro atoms. The molecule has 0 atom stereocenters. The molecule has 5 nitrogen and oxygen atoms in total. The Morgan fingerprint density at radius 3 is 2.34 bits per heavy atom. The van der Waals surface area contributed by atoms with Gasteiger partial charge < -0.3 is 9.15 Å². The first-order valence-corrected chi connectivity index (χ1v) is 8.84. The molecule has 1 amide bonds. The van der Waals surface area contributed by atoms with Crippen molar-refractivity contribution in [2.45, 2.75) is 0 Å². The zero-order valence-electron chi connectivity index (χ0n) is 15.4. The summed E-state index contributed by atoms with van der Waals surface area (Å²) in [7, 11) is 1.54. The van der Waals surface area contributed by atoms with Crippen molar-refractivity contribution in [1.82, 2.24) is 0 Å². The van der Waals surface area contributed by atoms with Crippen LogP contribution in [0.25, 0.3) is 22.1 Å². The Labute approximate surface area is 165 Å². The predicted octanol–water partition coefficient (Wildman–Crippen LogP) is 4.86. The van der Waals surface area contributed by atoms with Gasteiger partial charge in [-0.2, -0.15) is 0 Å². The molecule has 144 valence electrons. The summed E-state index contributed by atoms with van der Waals surface area (Å²) < 4.78 is 24.3. The van der Waals surface area contributed by atoms with E-state index in [0.717, 1.165) is 0 Å². The molecule has 0 unspecified atom stereocenters. The van der Waals surface area contributed by atoms with Gasteiger partial charge in [-0.15, -0.1) is 0 Å². The van der Waals surface area contributed by atoms with Gasteiger partial charge in [-0.05, 0) is 54.1 Å². The third-order valence-corrected chi connectivity index (χ3v) is 4.51. The van der Waals surface area contributed by atoms with Crippen molar-refractivity contribution in [3.63, 3.8) is 0 Å². The number of carbonyl (C=O) groups excluding carboxylic acids is 1. The van der Waals surface area contributed by atoms with E-state index >= 15 is 0 Å². The van der Waals surface area contributed by atoms with E-state index in [2.05, 4.69) is 5.32 Å². The van der Waals surface area contributed by atoms with Crippen LogP contribution in [0.15, 0.2) is 82.0 Å². The number of para-hydroxylation sites is 1. The summed E-state index contributed by atoms with van der Waals surface area (Å²) in [5, 5.41) is 3.04. The number of halogens is 1. The topological polar surface area (TPSA) is 68.5 Å². The number of amides is 1. The third-order valence-electron chi connectivity index (χ3n) is 4.51. The molecule has 0 aliphatic carbocycles. The van der Waals surface area contributed by atoms with Gasteiger partial charge in [0.1, 0.15) is 17.1 Å². The number of anilines is 1. The zero-order valence-corrected chi connectivity index (χ0v) is 15.4. The number of carbonyl (C=O) groups is 1. The Morgan fingerprint density at radius 1 is 0.966 bits per heavy atom. The van der Waals surface area contributed by atoms with Crippen LogP contribution in [-0.4, -0.2) is 13.0 Å². The number of fused-ring (bicyclic) bond motifs is 1. The summed E-state index contributed by atoms with van der Waals surface area (Å²) in [6.45, 7) is 0. The lowest BCUT2D eigenvalue weighted by atomic mass is 10.0. The number of hydrogen-bond acceptors (Lipinski definition) is 4. The van der Waals surface area contributed by atoms with Gasteiger partial charge in [-0.1, -0.05) is 24.3 Å². The predicted molar refractivity (Wildman–Crippen MR) is 109 cm³/mol. The van der Waals surface area contributed by atoms with Crippen LogP contribution in [0.5, 0.6) is 5.75 Å². The molecule has 4 rings (SSSR count). The van der Waals surface area contributed by atoms with Gasteiger partial charge in [-0.25, -0.2) is 4.39 Å². The smallest absolute Gasteiger partial charge is 0.257 e. The van der Waals surface area contributed by atoms with Crippen molar-refractivity contribution in [3.8, 4) is 16.9 Å². The van der Waals surface area contributed by atoms with Crippen LogP contribution in [0.1, 0.15) is 10.4 Å². The van der Waals surface area contributed by atoms with Crippen LogP contribution < -0.4 is 15.5 Å². The molecule has 0 fully saturated rings. The summed E-state index contributed by atoms with van der Waals surface area (Å²) in [6.07, 6.45) is 0. The molecular formula is C23H16FNO4. The fraction of sp³-hybridized carbons (Fsp3) is 0.0435. The van der Waals surface area contributed by atoms with Crippen molar-refractivity contribution in [1.29, 1.82) is 0 Å². The average Bonchev–Trinajstić information content (AvgIpc) is 2.75. The van der Waals surface area contributed by atoms with Crippen molar-refractivity contribution >= 4 is 22.8 Å². The molecule has 1 aromatic heterocycles. The van der Waals surface area contributed by atoms with Crippen LogP contribution in [0, 0.1) is 5.82 Å². The minimum Gasteiger partial charge on any atom is -0.497 e. The summed E-state index contributed by atoms with van der Waals surface area (Å²) in [6, 6.07) is 18.7. The van der Waals surface area contributed by atoms with Gasteiger partial charge in [-0.3, -0.25) is 14.9 Å². The van der Waals surface area contributed by atoms with Crippen LogP contribution in [0.3, 0.4) is 0 Å². The molecule has 0 radical (unpaired) electrons. The van der Waals surface area contributed by atoms with E-state index in [4.69, 9.17) is 9.15 Å². The molecule has 4 aromatic rings. The number of rotatable bonds is 4. The van der Waals surface area contributed by atoms with Crippen molar-refractivity contribution in [2.75, 3.05) is 12.4 Å². The van der Waals surface area contributed by atoms with Crippen molar-refractivity contribution in [2.24, 2.45) is 0 Å². The van der Waals surface area contributed by atoms with Gasteiger partial charge in [0.2, 0.25) is 11.3 Å².